The van der Waals surface area contributed by atoms with Crippen molar-refractivity contribution < 1.29 is 4.74 Å². The highest BCUT2D eigenvalue weighted by molar-refractivity contribution is 5.32. The fourth-order valence-electron chi connectivity index (χ4n) is 2.86. The molecule has 1 aliphatic rings. The highest BCUT2D eigenvalue weighted by Gasteiger charge is 2.42. The van der Waals surface area contributed by atoms with E-state index in [1.54, 1.807) is 6.20 Å². The summed E-state index contributed by atoms with van der Waals surface area (Å²) in [5.41, 5.74) is 8.90. The average molecular weight is 282 g/mol. The predicted molar refractivity (Wildman–Crippen MR) is 84.2 cm³/mol. The number of nitrogens with zero attached hydrogens (tertiary/aromatic N) is 1. The van der Waals surface area contributed by atoms with E-state index in [0.717, 1.165) is 30.8 Å². The number of nitrogens with two attached hydrogens (primary N) is 1. The fourth-order valence-corrected chi connectivity index (χ4v) is 2.86. The quantitative estimate of drug-likeness (QED) is 0.879. The molecular formula is C18H22N2O. The van der Waals surface area contributed by atoms with Crippen molar-refractivity contribution in [1.29, 1.82) is 0 Å². The number of ether oxygens (including phenoxy) is 1. The molecule has 1 saturated carbocycles. The van der Waals surface area contributed by atoms with Crippen molar-refractivity contribution in [2.45, 2.75) is 31.7 Å². The Labute approximate surface area is 126 Å². The van der Waals surface area contributed by atoms with Crippen LogP contribution in [0.2, 0.25) is 0 Å². The molecule has 1 heterocycles. The lowest BCUT2D eigenvalue weighted by molar-refractivity contribution is 0.315. The molecule has 1 aromatic heterocycles. The summed E-state index contributed by atoms with van der Waals surface area (Å²) in [5.74, 6) is 1.92. The zero-order valence-electron chi connectivity index (χ0n) is 12.4. The largest absolute Gasteiger partial charge is 0.492 e. The van der Waals surface area contributed by atoms with Crippen molar-refractivity contribution in [3.05, 3.63) is 59.9 Å². The third-order valence-corrected chi connectivity index (χ3v) is 4.12. The first-order chi connectivity index (χ1) is 10.3. The van der Waals surface area contributed by atoms with Gasteiger partial charge < -0.3 is 10.5 Å². The third-order valence-electron chi connectivity index (χ3n) is 4.12. The van der Waals surface area contributed by atoms with Gasteiger partial charge in [0.05, 0.1) is 12.8 Å². The summed E-state index contributed by atoms with van der Waals surface area (Å²) in [6.07, 6.45) is 5.78. The summed E-state index contributed by atoms with van der Waals surface area (Å²) in [6.45, 7) is 2.81. The van der Waals surface area contributed by atoms with Gasteiger partial charge in [0.25, 0.3) is 0 Å². The van der Waals surface area contributed by atoms with Crippen LogP contribution in [0.3, 0.4) is 0 Å². The summed E-state index contributed by atoms with van der Waals surface area (Å²) in [4.78, 5) is 4.26. The molecule has 2 N–H and O–H groups in total. The standard InChI is InChI=1S/C18H22N2O/c1-2-8-21-15-9-14(11-20-12-15)18(19)17-10-16(17)13-6-4-3-5-7-13/h3-7,9,11-12,16-18H,2,8,10,19H2,1H3. The van der Waals surface area contributed by atoms with E-state index in [-0.39, 0.29) is 6.04 Å². The van der Waals surface area contributed by atoms with Gasteiger partial charge in [-0.1, -0.05) is 37.3 Å². The van der Waals surface area contributed by atoms with E-state index in [1.807, 2.05) is 12.3 Å². The first-order valence-corrected chi connectivity index (χ1v) is 7.68. The Kier molecular flexibility index (Phi) is 4.20. The monoisotopic (exact) mass is 282 g/mol. The van der Waals surface area contributed by atoms with E-state index in [4.69, 9.17) is 10.5 Å². The van der Waals surface area contributed by atoms with Gasteiger partial charge in [-0.05, 0) is 41.9 Å². The first-order valence-electron chi connectivity index (χ1n) is 7.68. The second kappa shape index (κ2) is 6.27. The number of hydrogen-bond acceptors (Lipinski definition) is 3. The third kappa shape index (κ3) is 3.24. The molecule has 0 bridgehead atoms. The number of aromatic nitrogens is 1. The van der Waals surface area contributed by atoms with E-state index < -0.39 is 0 Å². The molecule has 0 spiro atoms. The second-order valence-electron chi connectivity index (χ2n) is 5.74. The average Bonchev–Trinajstić information content (AvgIpc) is 3.34. The van der Waals surface area contributed by atoms with Crippen molar-refractivity contribution in [1.82, 2.24) is 4.98 Å². The number of hydrogen-bond donors (Lipinski definition) is 1. The Morgan fingerprint density at radius 2 is 2.10 bits per heavy atom. The maximum Gasteiger partial charge on any atom is 0.137 e. The molecule has 3 atom stereocenters. The lowest BCUT2D eigenvalue weighted by Crippen LogP contribution is -2.14. The maximum atomic E-state index is 6.43. The molecule has 0 amide bonds. The molecule has 3 unspecified atom stereocenters. The van der Waals surface area contributed by atoms with Crippen molar-refractivity contribution >= 4 is 0 Å². The summed E-state index contributed by atoms with van der Waals surface area (Å²) in [7, 11) is 0. The Morgan fingerprint density at radius 3 is 2.86 bits per heavy atom. The molecule has 110 valence electrons. The molecule has 3 heteroatoms. The molecule has 3 rings (SSSR count). The smallest absolute Gasteiger partial charge is 0.137 e. The van der Waals surface area contributed by atoms with Crippen molar-refractivity contribution in [3.63, 3.8) is 0 Å². The minimum absolute atomic E-state index is 0.0351. The van der Waals surface area contributed by atoms with Crippen LogP contribution in [0, 0.1) is 5.92 Å². The predicted octanol–water partition coefficient (Wildman–Crippen LogP) is 3.67. The topological polar surface area (TPSA) is 48.1 Å². The fraction of sp³-hybridized carbons (Fsp3) is 0.389. The highest BCUT2D eigenvalue weighted by Crippen LogP contribution is 2.53. The van der Waals surface area contributed by atoms with Gasteiger partial charge in [0.1, 0.15) is 5.75 Å². The van der Waals surface area contributed by atoms with Gasteiger partial charge in [0.15, 0.2) is 0 Å². The Hall–Kier alpha value is -1.87. The van der Waals surface area contributed by atoms with Crippen LogP contribution in [-0.2, 0) is 0 Å². The van der Waals surface area contributed by atoms with Crippen molar-refractivity contribution in [2.75, 3.05) is 6.61 Å². The van der Waals surface area contributed by atoms with E-state index in [9.17, 15) is 0 Å². The van der Waals surface area contributed by atoms with Gasteiger partial charge in [-0.15, -0.1) is 0 Å². The maximum absolute atomic E-state index is 6.43. The number of rotatable bonds is 6. The van der Waals surface area contributed by atoms with Crippen LogP contribution in [0.5, 0.6) is 5.75 Å². The van der Waals surface area contributed by atoms with Crippen LogP contribution in [-0.4, -0.2) is 11.6 Å². The molecule has 3 nitrogen and oxygen atoms in total. The zero-order chi connectivity index (χ0) is 14.7. The van der Waals surface area contributed by atoms with Crippen LogP contribution in [0.1, 0.15) is 42.9 Å². The zero-order valence-corrected chi connectivity index (χ0v) is 12.4. The minimum atomic E-state index is 0.0351. The lowest BCUT2D eigenvalue weighted by Gasteiger charge is -2.13. The lowest BCUT2D eigenvalue weighted by atomic mass is 10.0. The molecule has 21 heavy (non-hydrogen) atoms. The summed E-state index contributed by atoms with van der Waals surface area (Å²) < 4.78 is 5.64. The molecular weight excluding hydrogens is 260 g/mol. The Bertz CT molecular complexity index is 585. The van der Waals surface area contributed by atoms with Gasteiger partial charge in [0, 0.05) is 12.2 Å². The molecule has 1 aliphatic carbocycles. The van der Waals surface area contributed by atoms with Gasteiger partial charge in [-0.3, -0.25) is 4.98 Å². The van der Waals surface area contributed by atoms with Crippen molar-refractivity contribution in [2.24, 2.45) is 11.7 Å². The molecule has 0 aliphatic heterocycles. The van der Waals surface area contributed by atoms with Crippen molar-refractivity contribution in [3.8, 4) is 5.75 Å². The van der Waals surface area contributed by atoms with Gasteiger partial charge >= 0.3 is 0 Å². The molecule has 2 aromatic rings. The molecule has 1 fully saturated rings. The Morgan fingerprint density at radius 1 is 1.29 bits per heavy atom. The highest BCUT2D eigenvalue weighted by atomic mass is 16.5. The van der Waals surface area contributed by atoms with Gasteiger partial charge in [-0.25, -0.2) is 0 Å². The summed E-state index contributed by atoms with van der Waals surface area (Å²) >= 11 is 0. The van der Waals surface area contributed by atoms with E-state index in [0.29, 0.717) is 11.8 Å². The Balaban J connectivity index is 1.68. The number of pyridine rings is 1. The minimum Gasteiger partial charge on any atom is -0.492 e. The van der Waals surface area contributed by atoms with E-state index in [1.165, 1.54) is 5.56 Å². The summed E-state index contributed by atoms with van der Waals surface area (Å²) in [5, 5.41) is 0. The SMILES string of the molecule is CCCOc1cncc(C(N)C2CC2c2ccccc2)c1. The van der Waals surface area contributed by atoms with Crippen LogP contribution in [0.25, 0.3) is 0 Å². The first kappa shape index (κ1) is 14.1. The molecule has 1 aromatic carbocycles. The van der Waals surface area contributed by atoms with Crippen LogP contribution >= 0.6 is 0 Å². The van der Waals surface area contributed by atoms with Crippen LogP contribution in [0.15, 0.2) is 48.8 Å². The van der Waals surface area contributed by atoms with Gasteiger partial charge in [-0.2, -0.15) is 0 Å². The van der Waals surface area contributed by atoms with Gasteiger partial charge in [0.2, 0.25) is 0 Å². The second-order valence-corrected chi connectivity index (χ2v) is 5.74. The molecule has 0 saturated heterocycles. The van der Waals surface area contributed by atoms with E-state index >= 15 is 0 Å². The van der Waals surface area contributed by atoms with E-state index in [2.05, 4.69) is 42.2 Å². The number of benzene rings is 1. The van der Waals surface area contributed by atoms with Crippen LogP contribution < -0.4 is 10.5 Å². The molecule has 0 radical (unpaired) electrons. The summed E-state index contributed by atoms with van der Waals surface area (Å²) in [6, 6.07) is 12.7. The van der Waals surface area contributed by atoms with Crippen LogP contribution in [0.4, 0.5) is 0 Å². The normalized spacial score (nSPS) is 21.8.